The minimum atomic E-state index is -0.0423. The smallest absolute Gasteiger partial charge is 0.260 e. The van der Waals surface area contributed by atoms with Crippen LogP contribution in [0.25, 0.3) is 0 Å². The van der Waals surface area contributed by atoms with Crippen LogP contribution in [-0.4, -0.2) is 42.0 Å². The number of benzene rings is 2. The highest BCUT2D eigenvalue weighted by molar-refractivity contribution is 5.93. The molecular weight excluding hydrogens is 454 g/mol. The Morgan fingerprint density at radius 3 is 2.25 bits per heavy atom. The van der Waals surface area contributed by atoms with E-state index in [1.807, 2.05) is 82.0 Å². The summed E-state index contributed by atoms with van der Waals surface area (Å²) in [5.74, 6) is 1.45. The molecule has 7 nitrogen and oxygen atoms in total. The maximum atomic E-state index is 12.7. The first-order valence-corrected chi connectivity index (χ1v) is 13.1. The lowest BCUT2D eigenvalue weighted by Crippen LogP contribution is -2.44. The summed E-state index contributed by atoms with van der Waals surface area (Å²) in [6.45, 7) is 11.7. The van der Waals surface area contributed by atoms with Crippen molar-refractivity contribution in [1.82, 2.24) is 10.2 Å². The topological polar surface area (TPSA) is 79.9 Å². The molecular formula is C29H41N3O4. The number of nitrogens with zero attached hydrogens (tertiary/aromatic N) is 1. The lowest BCUT2D eigenvalue weighted by molar-refractivity contribution is -0.137. The van der Waals surface area contributed by atoms with Crippen LogP contribution in [0.5, 0.6) is 11.5 Å². The van der Waals surface area contributed by atoms with Crippen LogP contribution in [0.15, 0.2) is 42.5 Å². The average molecular weight is 496 g/mol. The molecule has 1 saturated carbocycles. The number of rotatable bonds is 13. The van der Waals surface area contributed by atoms with Crippen molar-refractivity contribution >= 4 is 17.5 Å². The average Bonchev–Trinajstić information content (AvgIpc) is 2.77. The molecule has 2 aromatic rings. The number of hydrogen-bond acceptors (Lipinski definition) is 5. The molecule has 2 aromatic carbocycles. The second kappa shape index (κ2) is 13.3. The molecule has 1 aliphatic rings. The van der Waals surface area contributed by atoms with Gasteiger partial charge < -0.3 is 25.0 Å². The molecule has 0 unspecified atom stereocenters. The normalized spacial score (nSPS) is 13.4. The van der Waals surface area contributed by atoms with E-state index in [0.29, 0.717) is 31.2 Å². The standard InChI is InChI=1S/C29H41N3O4/c1-6-35-27-16-23(13-14-26(27)36-19-28(33)32(20(2)3)21(4)5)18-30-17-22-9-7-12-25(15-22)31-29(34)24-10-8-11-24/h7,9,12-16,20-21,24,30H,6,8,10-11,17-19H2,1-5H3,(H,31,34). The lowest BCUT2D eigenvalue weighted by Gasteiger charge is -2.30. The Kier molecular flexibility index (Phi) is 10.2. The fourth-order valence-electron chi connectivity index (χ4n) is 4.46. The summed E-state index contributed by atoms with van der Waals surface area (Å²) in [7, 11) is 0. The van der Waals surface area contributed by atoms with E-state index in [9.17, 15) is 9.59 Å². The predicted octanol–water partition coefficient (Wildman–Crippen LogP) is 5.14. The molecule has 0 atom stereocenters. The Hall–Kier alpha value is -3.06. The molecule has 7 heteroatoms. The summed E-state index contributed by atoms with van der Waals surface area (Å²) in [5, 5.41) is 6.49. The van der Waals surface area contributed by atoms with Crippen molar-refractivity contribution in [3.63, 3.8) is 0 Å². The Balaban J connectivity index is 1.55. The highest BCUT2D eigenvalue weighted by atomic mass is 16.5. The van der Waals surface area contributed by atoms with Crippen LogP contribution >= 0.6 is 0 Å². The van der Waals surface area contributed by atoms with Gasteiger partial charge in [-0.05, 0) is 82.9 Å². The van der Waals surface area contributed by atoms with E-state index in [1.165, 1.54) is 0 Å². The van der Waals surface area contributed by atoms with Crippen LogP contribution in [-0.2, 0) is 22.7 Å². The molecule has 0 spiro atoms. The van der Waals surface area contributed by atoms with Crippen LogP contribution in [0.3, 0.4) is 0 Å². The van der Waals surface area contributed by atoms with E-state index in [4.69, 9.17) is 9.47 Å². The predicted molar refractivity (Wildman–Crippen MR) is 143 cm³/mol. The third kappa shape index (κ3) is 7.72. The first kappa shape index (κ1) is 27.5. The van der Waals surface area contributed by atoms with Crippen LogP contribution in [0.1, 0.15) is 65.0 Å². The van der Waals surface area contributed by atoms with E-state index < -0.39 is 0 Å². The molecule has 0 radical (unpaired) electrons. The van der Waals surface area contributed by atoms with Crippen molar-refractivity contribution in [2.45, 2.75) is 79.1 Å². The van der Waals surface area contributed by atoms with Gasteiger partial charge in [-0.25, -0.2) is 0 Å². The van der Waals surface area contributed by atoms with E-state index >= 15 is 0 Å². The van der Waals surface area contributed by atoms with Crippen molar-refractivity contribution in [2.24, 2.45) is 5.92 Å². The summed E-state index contributed by atoms with van der Waals surface area (Å²) in [5.41, 5.74) is 3.00. The maximum Gasteiger partial charge on any atom is 0.260 e. The molecule has 0 bridgehead atoms. The van der Waals surface area contributed by atoms with Crippen molar-refractivity contribution < 1.29 is 19.1 Å². The Morgan fingerprint density at radius 2 is 1.64 bits per heavy atom. The zero-order chi connectivity index (χ0) is 26.1. The number of amides is 2. The minimum Gasteiger partial charge on any atom is -0.490 e. The molecule has 36 heavy (non-hydrogen) atoms. The van der Waals surface area contributed by atoms with Gasteiger partial charge in [-0.3, -0.25) is 9.59 Å². The number of ether oxygens (including phenoxy) is 2. The molecule has 0 aliphatic heterocycles. The number of nitrogens with one attached hydrogen (secondary N) is 2. The monoisotopic (exact) mass is 495 g/mol. The van der Waals surface area contributed by atoms with Gasteiger partial charge in [0.1, 0.15) is 0 Å². The van der Waals surface area contributed by atoms with E-state index in [-0.39, 0.29) is 36.4 Å². The lowest BCUT2D eigenvalue weighted by atomic mass is 9.85. The molecule has 0 heterocycles. The van der Waals surface area contributed by atoms with Crippen LogP contribution in [0.2, 0.25) is 0 Å². The molecule has 0 aromatic heterocycles. The first-order valence-electron chi connectivity index (χ1n) is 13.1. The van der Waals surface area contributed by atoms with Crippen LogP contribution < -0.4 is 20.1 Å². The van der Waals surface area contributed by atoms with Gasteiger partial charge in [-0.2, -0.15) is 0 Å². The van der Waals surface area contributed by atoms with Gasteiger partial charge in [0.05, 0.1) is 6.61 Å². The third-order valence-electron chi connectivity index (χ3n) is 6.39. The summed E-state index contributed by atoms with van der Waals surface area (Å²) >= 11 is 0. The zero-order valence-electron chi connectivity index (χ0n) is 22.3. The van der Waals surface area contributed by atoms with Gasteiger partial charge in [-0.15, -0.1) is 0 Å². The maximum absolute atomic E-state index is 12.7. The number of hydrogen-bond donors (Lipinski definition) is 2. The van der Waals surface area contributed by atoms with E-state index in [1.54, 1.807) is 0 Å². The molecule has 2 N–H and O–H groups in total. The van der Waals surface area contributed by atoms with Crippen LogP contribution in [0, 0.1) is 5.92 Å². The van der Waals surface area contributed by atoms with Crippen molar-refractivity contribution in [2.75, 3.05) is 18.5 Å². The largest absolute Gasteiger partial charge is 0.490 e. The van der Waals surface area contributed by atoms with Gasteiger partial charge in [0.2, 0.25) is 5.91 Å². The number of anilines is 1. The number of carbonyl (C=O) groups is 2. The molecule has 0 saturated heterocycles. The van der Waals surface area contributed by atoms with Crippen molar-refractivity contribution in [1.29, 1.82) is 0 Å². The Morgan fingerprint density at radius 1 is 0.944 bits per heavy atom. The Bertz CT molecular complexity index is 1010. The van der Waals surface area contributed by atoms with E-state index in [0.717, 1.165) is 36.1 Å². The quantitative estimate of drug-likeness (QED) is 0.402. The first-order chi connectivity index (χ1) is 17.3. The zero-order valence-corrected chi connectivity index (χ0v) is 22.3. The van der Waals surface area contributed by atoms with Crippen LogP contribution in [0.4, 0.5) is 5.69 Å². The highest BCUT2D eigenvalue weighted by Gasteiger charge is 2.25. The molecule has 1 aliphatic carbocycles. The van der Waals surface area contributed by atoms with Gasteiger partial charge in [0, 0.05) is 36.8 Å². The fraction of sp³-hybridized carbons (Fsp3) is 0.517. The Labute approximate surface area is 215 Å². The second-order valence-electron chi connectivity index (χ2n) is 9.91. The molecule has 3 rings (SSSR count). The van der Waals surface area contributed by atoms with Gasteiger partial charge in [0.25, 0.3) is 5.91 Å². The summed E-state index contributed by atoms with van der Waals surface area (Å²) in [6.07, 6.45) is 3.13. The number of carbonyl (C=O) groups excluding carboxylic acids is 2. The van der Waals surface area contributed by atoms with Crippen molar-refractivity contribution in [3.05, 3.63) is 53.6 Å². The highest BCUT2D eigenvalue weighted by Crippen LogP contribution is 2.29. The van der Waals surface area contributed by atoms with E-state index in [2.05, 4.69) is 10.6 Å². The SMILES string of the molecule is CCOc1cc(CNCc2cccc(NC(=O)C3CCC3)c2)ccc1OCC(=O)N(C(C)C)C(C)C. The van der Waals surface area contributed by atoms with Gasteiger partial charge in [-0.1, -0.05) is 24.6 Å². The summed E-state index contributed by atoms with van der Waals surface area (Å²) in [4.78, 5) is 26.7. The second-order valence-corrected chi connectivity index (χ2v) is 9.91. The summed E-state index contributed by atoms with van der Waals surface area (Å²) < 4.78 is 11.7. The molecule has 196 valence electrons. The van der Waals surface area contributed by atoms with Gasteiger partial charge >= 0.3 is 0 Å². The van der Waals surface area contributed by atoms with Gasteiger partial charge in [0.15, 0.2) is 18.1 Å². The van der Waals surface area contributed by atoms with Crippen molar-refractivity contribution in [3.8, 4) is 11.5 Å². The fourth-order valence-corrected chi connectivity index (χ4v) is 4.46. The minimum absolute atomic E-state index is 0.0261. The summed E-state index contributed by atoms with van der Waals surface area (Å²) in [6, 6.07) is 14.0. The molecule has 2 amide bonds. The third-order valence-corrected chi connectivity index (χ3v) is 6.39. The molecule has 1 fully saturated rings.